The molecule has 0 aromatic carbocycles. The Bertz CT molecular complexity index is 737. The second kappa shape index (κ2) is 7.97. The van der Waals surface area contributed by atoms with E-state index in [0.717, 1.165) is 21.8 Å². The molecule has 8 nitrogen and oxygen atoms in total. The van der Waals surface area contributed by atoms with Crippen LogP contribution in [0, 0.1) is 0 Å². The summed E-state index contributed by atoms with van der Waals surface area (Å²) in [5.41, 5.74) is -2.29. The third kappa shape index (κ3) is 4.37. The zero-order chi connectivity index (χ0) is 19.4. The van der Waals surface area contributed by atoms with Crippen LogP contribution < -0.4 is 0 Å². The molecule has 2 aromatic heterocycles. The molecule has 0 unspecified atom stereocenters. The van der Waals surface area contributed by atoms with Crippen LogP contribution >= 0.6 is 0 Å². The van der Waals surface area contributed by atoms with E-state index >= 15 is 0 Å². The first kappa shape index (κ1) is 19.4. The van der Waals surface area contributed by atoms with Gasteiger partial charge >= 0.3 is 11.9 Å². The number of rotatable bonds is 7. The lowest BCUT2D eigenvalue weighted by atomic mass is 10.2. The lowest BCUT2D eigenvalue weighted by Gasteiger charge is -2.06. The summed E-state index contributed by atoms with van der Waals surface area (Å²) in [5, 5.41) is 6.91. The van der Waals surface area contributed by atoms with Gasteiger partial charge in [-0.25, -0.2) is 27.2 Å². The van der Waals surface area contributed by atoms with Crippen LogP contribution in [0.1, 0.15) is 45.0 Å². The number of aryl methyl sites for hydroxylation is 2. The maximum atomic E-state index is 12.8. The van der Waals surface area contributed by atoms with Gasteiger partial charge in [-0.2, -0.15) is 10.2 Å². The highest BCUT2D eigenvalue weighted by Gasteiger charge is 2.25. The minimum atomic E-state index is -2.96. The Kier molecular flexibility index (Phi) is 5.95. The lowest BCUT2D eigenvalue weighted by molar-refractivity contribution is 0.0257. The fraction of sp³-hybridized carbons (Fsp3) is 0.429. The number of carbonyl (C=O) groups excluding carboxylic acids is 2. The zero-order valence-electron chi connectivity index (χ0n) is 13.7. The van der Waals surface area contributed by atoms with Crippen LogP contribution in [-0.4, -0.2) is 44.7 Å². The van der Waals surface area contributed by atoms with Crippen LogP contribution in [0.2, 0.25) is 0 Å². The van der Waals surface area contributed by atoms with Crippen molar-refractivity contribution in [3.8, 4) is 0 Å². The summed E-state index contributed by atoms with van der Waals surface area (Å²) in [6, 6.07) is 0. The van der Waals surface area contributed by atoms with Crippen LogP contribution in [0.25, 0.3) is 0 Å². The van der Waals surface area contributed by atoms with E-state index in [1.807, 2.05) is 0 Å². The van der Waals surface area contributed by atoms with Crippen LogP contribution in [-0.2, 0) is 23.6 Å². The van der Waals surface area contributed by atoms with Gasteiger partial charge in [0, 0.05) is 26.5 Å². The summed E-state index contributed by atoms with van der Waals surface area (Å²) in [5.74, 6) is -2.14. The Hall–Kier alpha value is -2.92. The molecular formula is C14H14F4N4O4. The summed E-state index contributed by atoms with van der Waals surface area (Å²) < 4.78 is 62.6. The average molecular weight is 378 g/mol. The van der Waals surface area contributed by atoms with E-state index in [1.165, 1.54) is 14.1 Å². The molecule has 2 aromatic rings. The normalized spacial score (nSPS) is 11.2. The molecule has 12 heteroatoms. The van der Waals surface area contributed by atoms with E-state index in [1.54, 1.807) is 0 Å². The second-order valence-corrected chi connectivity index (χ2v) is 5.08. The summed E-state index contributed by atoms with van der Waals surface area (Å²) in [4.78, 5) is 23.6. The Morgan fingerprint density at radius 2 is 1.23 bits per heavy atom. The van der Waals surface area contributed by atoms with Crippen LogP contribution in [0.15, 0.2) is 12.4 Å². The molecule has 0 bridgehead atoms. The van der Waals surface area contributed by atoms with E-state index in [9.17, 15) is 27.2 Å². The fourth-order valence-electron chi connectivity index (χ4n) is 2.07. The van der Waals surface area contributed by atoms with Gasteiger partial charge in [-0.05, 0) is 0 Å². The van der Waals surface area contributed by atoms with Crippen molar-refractivity contribution in [3.63, 3.8) is 0 Å². The monoisotopic (exact) mass is 378 g/mol. The van der Waals surface area contributed by atoms with Crippen LogP contribution in [0.4, 0.5) is 17.6 Å². The van der Waals surface area contributed by atoms with Gasteiger partial charge in [0.15, 0.2) is 0 Å². The topological polar surface area (TPSA) is 88.2 Å². The Balaban J connectivity index is 1.89. The maximum Gasteiger partial charge on any atom is 0.341 e. The third-order valence-corrected chi connectivity index (χ3v) is 3.12. The molecule has 26 heavy (non-hydrogen) atoms. The van der Waals surface area contributed by atoms with Crippen molar-refractivity contribution in [1.82, 2.24) is 19.6 Å². The number of hydrogen-bond donors (Lipinski definition) is 0. The molecule has 0 amide bonds. The first-order valence-corrected chi connectivity index (χ1v) is 7.18. The van der Waals surface area contributed by atoms with Crippen LogP contribution in [0.5, 0.6) is 0 Å². The predicted octanol–water partition coefficient (Wildman–Crippen LogP) is 2.04. The first-order valence-electron chi connectivity index (χ1n) is 7.18. The van der Waals surface area contributed by atoms with Gasteiger partial charge in [0.25, 0.3) is 12.9 Å². The van der Waals surface area contributed by atoms with Crippen LogP contribution in [0.3, 0.4) is 0 Å². The predicted molar refractivity (Wildman–Crippen MR) is 76.9 cm³/mol. The summed E-state index contributed by atoms with van der Waals surface area (Å²) in [6.07, 6.45) is -3.79. The number of aromatic nitrogens is 4. The minimum absolute atomic E-state index is 0.416. The highest BCUT2D eigenvalue weighted by atomic mass is 19.3. The number of halogens is 4. The number of ether oxygens (including phenoxy) is 2. The highest BCUT2D eigenvalue weighted by Crippen LogP contribution is 2.22. The fourth-order valence-corrected chi connectivity index (χ4v) is 2.07. The molecule has 0 saturated carbocycles. The molecule has 142 valence electrons. The molecular weight excluding hydrogens is 364 g/mol. The molecule has 2 heterocycles. The van der Waals surface area contributed by atoms with Gasteiger partial charge in [0.05, 0.1) is 0 Å². The Morgan fingerprint density at radius 1 is 0.885 bits per heavy atom. The lowest BCUT2D eigenvalue weighted by Crippen LogP contribution is -2.15. The van der Waals surface area contributed by atoms with Gasteiger partial charge < -0.3 is 9.47 Å². The number of carbonyl (C=O) groups is 2. The smallest absolute Gasteiger partial charge is 0.341 e. The molecule has 0 spiro atoms. The van der Waals surface area contributed by atoms with Crippen molar-refractivity contribution in [2.75, 3.05) is 13.2 Å². The van der Waals surface area contributed by atoms with Crippen molar-refractivity contribution in [2.24, 2.45) is 14.1 Å². The average Bonchev–Trinajstić information content (AvgIpc) is 3.14. The van der Waals surface area contributed by atoms with Crippen molar-refractivity contribution >= 4 is 11.9 Å². The SMILES string of the molecule is Cn1cc(C(=O)OCCOC(=O)c2cn(C)nc2C(F)F)c(C(F)F)n1. The summed E-state index contributed by atoms with van der Waals surface area (Å²) >= 11 is 0. The molecule has 0 atom stereocenters. The van der Waals surface area contributed by atoms with Crippen molar-refractivity contribution in [3.05, 3.63) is 34.9 Å². The molecule has 0 radical (unpaired) electrons. The molecule has 0 aliphatic rings. The Morgan fingerprint density at radius 3 is 1.54 bits per heavy atom. The van der Waals surface area contributed by atoms with Gasteiger partial charge in [0.1, 0.15) is 35.7 Å². The number of nitrogens with zero attached hydrogens (tertiary/aromatic N) is 4. The van der Waals surface area contributed by atoms with Crippen molar-refractivity contribution < 1.29 is 36.6 Å². The van der Waals surface area contributed by atoms with E-state index in [-0.39, 0.29) is 0 Å². The van der Waals surface area contributed by atoms with E-state index < -0.39 is 60.5 Å². The summed E-state index contributed by atoms with van der Waals surface area (Å²) in [6.45, 7) is -0.904. The molecule has 2 rings (SSSR count). The minimum Gasteiger partial charge on any atom is -0.458 e. The standard InChI is InChI=1S/C14H14F4N4O4/c1-21-5-7(9(19-21)11(15)16)13(23)25-3-4-26-14(24)8-6-22(2)20-10(8)12(17)18/h5-6,11-12H,3-4H2,1-2H3. The Labute approximate surface area is 144 Å². The number of alkyl halides is 4. The molecule has 0 aliphatic carbocycles. The number of hydrogen-bond acceptors (Lipinski definition) is 6. The quantitative estimate of drug-likeness (QED) is 0.416. The first-order chi connectivity index (χ1) is 12.2. The highest BCUT2D eigenvalue weighted by molar-refractivity contribution is 5.91. The van der Waals surface area contributed by atoms with E-state index in [4.69, 9.17) is 9.47 Å². The van der Waals surface area contributed by atoms with Gasteiger partial charge in [-0.3, -0.25) is 9.36 Å². The maximum absolute atomic E-state index is 12.8. The van der Waals surface area contributed by atoms with Crippen molar-refractivity contribution in [2.45, 2.75) is 12.9 Å². The van der Waals surface area contributed by atoms with E-state index in [0.29, 0.717) is 0 Å². The second-order valence-electron chi connectivity index (χ2n) is 5.08. The largest absolute Gasteiger partial charge is 0.458 e. The molecule has 0 fully saturated rings. The third-order valence-electron chi connectivity index (χ3n) is 3.12. The van der Waals surface area contributed by atoms with Crippen molar-refractivity contribution in [1.29, 1.82) is 0 Å². The van der Waals surface area contributed by atoms with Gasteiger partial charge in [0.2, 0.25) is 0 Å². The molecule has 0 N–H and O–H groups in total. The zero-order valence-corrected chi connectivity index (χ0v) is 13.7. The summed E-state index contributed by atoms with van der Waals surface area (Å²) in [7, 11) is 2.72. The van der Waals surface area contributed by atoms with E-state index in [2.05, 4.69) is 10.2 Å². The van der Waals surface area contributed by atoms with Gasteiger partial charge in [-0.1, -0.05) is 0 Å². The molecule has 0 aliphatic heterocycles. The van der Waals surface area contributed by atoms with Gasteiger partial charge in [-0.15, -0.1) is 0 Å². The molecule has 0 saturated heterocycles. The number of esters is 2.